The third kappa shape index (κ3) is 38.1. The van der Waals surface area contributed by atoms with Crippen molar-refractivity contribution in [3.63, 3.8) is 0 Å². The molecule has 0 radical (unpaired) electrons. The van der Waals surface area contributed by atoms with Gasteiger partial charge in [0.25, 0.3) is 0 Å². The SMILES string of the molecule is CC/C=C/C/C=C/C/C=C/C/C=C/CCCCCCCCCC(=O)OC(COCCC(C(=O)O)[N+](C)(C)C)COC(=O)CC/C=C/C/C=C/CCCCCCCC. The van der Waals surface area contributed by atoms with Crippen molar-refractivity contribution in [2.45, 2.75) is 180 Å². The second kappa shape index (κ2) is 39.6. The highest BCUT2D eigenvalue weighted by atomic mass is 16.6. The molecule has 0 saturated heterocycles. The van der Waals surface area contributed by atoms with Gasteiger partial charge < -0.3 is 23.8 Å². The Hall–Kier alpha value is -3.23. The van der Waals surface area contributed by atoms with Gasteiger partial charge in [0.15, 0.2) is 12.1 Å². The third-order valence-electron chi connectivity index (χ3n) is 9.60. The Morgan fingerprint density at radius 3 is 1.53 bits per heavy atom. The van der Waals surface area contributed by atoms with Gasteiger partial charge in [-0.25, -0.2) is 4.79 Å². The maximum absolute atomic E-state index is 12.7. The van der Waals surface area contributed by atoms with Crippen LogP contribution in [-0.4, -0.2) is 80.6 Å². The first-order chi connectivity index (χ1) is 27.6. The van der Waals surface area contributed by atoms with Gasteiger partial charge >= 0.3 is 17.9 Å². The van der Waals surface area contributed by atoms with Gasteiger partial charge in [-0.05, 0) is 70.6 Å². The van der Waals surface area contributed by atoms with Crippen LogP contribution in [0.5, 0.6) is 0 Å². The van der Waals surface area contributed by atoms with Gasteiger partial charge in [-0.3, -0.25) is 9.59 Å². The highest BCUT2D eigenvalue weighted by molar-refractivity contribution is 5.72. The number of allylic oxidation sites excluding steroid dienone is 12. The van der Waals surface area contributed by atoms with E-state index < -0.39 is 18.1 Å². The predicted molar refractivity (Wildman–Crippen MR) is 238 cm³/mol. The molecular weight excluding hydrogens is 715 g/mol. The zero-order chi connectivity index (χ0) is 42.1. The number of rotatable bonds is 39. The number of carbonyl (C=O) groups excluding carboxylic acids is 2. The van der Waals surface area contributed by atoms with Gasteiger partial charge in [0, 0.05) is 19.3 Å². The molecule has 8 heteroatoms. The molecule has 0 fully saturated rings. The average molecular weight is 799 g/mol. The fraction of sp³-hybridized carbons (Fsp3) is 0.694. The van der Waals surface area contributed by atoms with Crippen LogP contribution in [0.15, 0.2) is 72.9 Å². The molecule has 0 aromatic carbocycles. The number of likely N-dealkylation sites (N-methyl/N-ethyl adjacent to an activating group) is 1. The quantitative estimate of drug-likeness (QED) is 0.0286. The third-order valence-corrected chi connectivity index (χ3v) is 9.60. The van der Waals surface area contributed by atoms with E-state index in [1.807, 2.05) is 27.2 Å². The Labute approximate surface area is 349 Å². The lowest BCUT2D eigenvalue weighted by Gasteiger charge is -2.31. The van der Waals surface area contributed by atoms with E-state index in [1.165, 1.54) is 57.8 Å². The topological polar surface area (TPSA) is 99.1 Å². The summed E-state index contributed by atoms with van der Waals surface area (Å²) in [6.45, 7) is 4.53. The summed E-state index contributed by atoms with van der Waals surface area (Å²) in [4.78, 5) is 36.9. The fourth-order valence-electron chi connectivity index (χ4n) is 6.13. The summed E-state index contributed by atoms with van der Waals surface area (Å²) in [5.74, 6) is -1.57. The molecule has 2 atom stereocenters. The van der Waals surface area contributed by atoms with Crippen molar-refractivity contribution in [2.75, 3.05) is 41.0 Å². The first-order valence-electron chi connectivity index (χ1n) is 22.5. The number of carboxylic acid groups (broad SMARTS) is 1. The Morgan fingerprint density at radius 2 is 1.02 bits per heavy atom. The normalized spacial score (nSPS) is 13.6. The van der Waals surface area contributed by atoms with E-state index in [1.54, 1.807) is 0 Å². The Kier molecular flexibility index (Phi) is 37.3. The minimum atomic E-state index is -0.886. The van der Waals surface area contributed by atoms with E-state index in [0.717, 1.165) is 70.6 Å². The van der Waals surface area contributed by atoms with E-state index in [9.17, 15) is 19.5 Å². The molecule has 0 aromatic rings. The smallest absolute Gasteiger partial charge is 0.362 e. The first kappa shape index (κ1) is 53.8. The van der Waals surface area contributed by atoms with Gasteiger partial charge in [-0.15, -0.1) is 0 Å². The van der Waals surface area contributed by atoms with Crippen LogP contribution >= 0.6 is 0 Å². The second-order valence-corrected chi connectivity index (χ2v) is 15.9. The molecule has 0 rings (SSSR count). The summed E-state index contributed by atoms with van der Waals surface area (Å²) in [5.41, 5.74) is 0. The molecule has 0 aliphatic heterocycles. The number of aliphatic carboxylic acids is 1. The monoisotopic (exact) mass is 799 g/mol. The van der Waals surface area contributed by atoms with Crippen LogP contribution in [0.3, 0.4) is 0 Å². The Balaban J connectivity index is 4.41. The molecule has 8 nitrogen and oxygen atoms in total. The van der Waals surface area contributed by atoms with Crippen LogP contribution in [0.4, 0.5) is 0 Å². The summed E-state index contributed by atoms with van der Waals surface area (Å²) >= 11 is 0. The maximum atomic E-state index is 12.7. The number of ether oxygens (including phenoxy) is 3. The number of unbranched alkanes of at least 4 members (excludes halogenated alkanes) is 13. The lowest BCUT2D eigenvalue weighted by Crippen LogP contribution is -2.50. The lowest BCUT2D eigenvalue weighted by atomic mass is 10.1. The van der Waals surface area contributed by atoms with Crippen LogP contribution in [0.25, 0.3) is 0 Å². The largest absolute Gasteiger partial charge is 0.477 e. The number of nitrogens with zero attached hydrogens (tertiary/aromatic N) is 1. The van der Waals surface area contributed by atoms with Gasteiger partial charge in [0.05, 0.1) is 34.4 Å². The standard InChI is InChI=1S/C49H83NO7/c1-6-8-10-12-14-16-18-20-21-22-23-24-25-26-28-30-32-34-36-38-40-48(52)57-45(43-55-42-41-46(49(53)54)50(3,4)5)44-56-47(51)39-37-35-33-31-29-27-19-17-15-13-11-9-7-2/h8,10,14,16,20-21,23-24,27,29,33,35,45-46H,6-7,9,11-13,15,17-19,22,25-26,28,30-32,34,36-44H2,1-5H3/p+1/b10-8+,16-14+,21-20+,24-23+,29-27+,35-33+. The van der Waals surface area contributed by atoms with Crippen molar-refractivity contribution in [3.05, 3.63) is 72.9 Å². The van der Waals surface area contributed by atoms with Crippen molar-refractivity contribution in [1.82, 2.24) is 0 Å². The number of carbonyl (C=O) groups is 3. The molecule has 2 unspecified atom stereocenters. The van der Waals surface area contributed by atoms with Crippen molar-refractivity contribution < 1.29 is 38.2 Å². The minimum Gasteiger partial charge on any atom is -0.477 e. The fourth-order valence-corrected chi connectivity index (χ4v) is 6.13. The van der Waals surface area contributed by atoms with E-state index in [4.69, 9.17) is 14.2 Å². The van der Waals surface area contributed by atoms with Crippen molar-refractivity contribution in [2.24, 2.45) is 0 Å². The van der Waals surface area contributed by atoms with E-state index in [0.29, 0.717) is 19.3 Å². The number of hydrogen-bond acceptors (Lipinski definition) is 6. The molecular formula is C49H84NO7+. The summed E-state index contributed by atoms with van der Waals surface area (Å²) < 4.78 is 17.2. The van der Waals surface area contributed by atoms with Crippen LogP contribution in [-0.2, 0) is 28.6 Å². The average Bonchev–Trinajstić information content (AvgIpc) is 3.17. The zero-order valence-corrected chi connectivity index (χ0v) is 37.0. The highest BCUT2D eigenvalue weighted by Crippen LogP contribution is 2.13. The molecule has 326 valence electrons. The Morgan fingerprint density at radius 1 is 0.544 bits per heavy atom. The first-order valence-corrected chi connectivity index (χ1v) is 22.5. The summed E-state index contributed by atoms with van der Waals surface area (Å²) in [5, 5.41) is 9.62. The molecule has 0 aliphatic carbocycles. The maximum Gasteiger partial charge on any atom is 0.362 e. The predicted octanol–water partition coefficient (Wildman–Crippen LogP) is 12.4. The molecule has 0 aliphatic rings. The van der Waals surface area contributed by atoms with E-state index in [2.05, 4.69) is 80.7 Å². The number of esters is 2. The molecule has 0 saturated carbocycles. The van der Waals surface area contributed by atoms with E-state index >= 15 is 0 Å². The Bertz CT molecular complexity index is 1160. The minimum absolute atomic E-state index is 0.0361. The van der Waals surface area contributed by atoms with Gasteiger partial charge in [-0.2, -0.15) is 0 Å². The number of hydrogen-bond donors (Lipinski definition) is 1. The zero-order valence-electron chi connectivity index (χ0n) is 37.0. The van der Waals surface area contributed by atoms with Crippen molar-refractivity contribution >= 4 is 17.9 Å². The van der Waals surface area contributed by atoms with Crippen molar-refractivity contribution in [1.29, 1.82) is 0 Å². The van der Waals surface area contributed by atoms with Gasteiger partial charge in [0.2, 0.25) is 0 Å². The molecule has 0 heterocycles. The number of carboxylic acids is 1. The van der Waals surface area contributed by atoms with Crippen LogP contribution in [0, 0.1) is 0 Å². The molecule has 0 bridgehead atoms. The van der Waals surface area contributed by atoms with Gasteiger partial charge in [-0.1, -0.05) is 151 Å². The number of quaternary nitrogens is 1. The van der Waals surface area contributed by atoms with Crippen molar-refractivity contribution in [3.8, 4) is 0 Å². The van der Waals surface area contributed by atoms with Crippen LogP contribution in [0.2, 0.25) is 0 Å². The molecule has 0 amide bonds. The molecule has 1 N–H and O–H groups in total. The molecule has 0 aromatic heterocycles. The summed E-state index contributed by atoms with van der Waals surface area (Å²) in [6, 6.07) is -0.627. The second-order valence-electron chi connectivity index (χ2n) is 15.9. The summed E-state index contributed by atoms with van der Waals surface area (Å²) in [7, 11) is 5.50. The van der Waals surface area contributed by atoms with E-state index in [-0.39, 0.29) is 42.7 Å². The molecule has 57 heavy (non-hydrogen) atoms. The van der Waals surface area contributed by atoms with Gasteiger partial charge in [0.1, 0.15) is 6.61 Å². The highest BCUT2D eigenvalue weighted by Gasteiger charge is 2.31. The molecule has 0 spiro atoms. The summed E-state index contributed by atoms with van der Waals surface area (Å²) in [6.07, 6.45) is 49.6. The lowest BCUT2D eigenvalue weighted by molar-refractivity contribution is -0.887. The van der Waals surface area contributed by atoms with Crippen LogP contribution < -0.4 is 0 Å². The van der Waals surface area contributed by atoms with Crippen LogP contribution in [0.1, 0.15) is 168 Å².